The van der Waals surface area contributed by atoms with Crippen LogP contribution >= 0.6 is 0 Å². The van der Waals surface area contributed by atoms with Crippen molar-refractivity contribution in [3.63, 3.8) is 0 Å². The maximum absolute atomic E-state index is 11.8. The molecule has 3 rings (SSSR count). The van der Waals surface area contributed by atoms with Gasteiger partial charge in [0.05, 0.1) is 0 Å². The Morgan fingerprint density at radius 3 is 2.53 bits per heavy atom. The summed E-state index contributed by atoms with van der Waals surface area (Å²) in [6.07, 6.45) is 0. The molecule has 0 spiro atoms. The maximum atomic E-state index is 11.8. The Labute approximate surface area is 110 Å². The lowest BCUT2D eigenvalue weighted by Gasteiger charge is -2.06. The molecule has 3 aromatic rings. The third kappa shape index (κ3) is 2.50. The van der Waals surface area contributed by atoms with Gasteiger partial charge in [0.2, 0.25) is 0 Å². The molecule has 0 saturated heterocycles. The lowest BCUT2D eigenvalue weighted by atomic mass is 10.2. The van der Waals surface area contributed by atoms with E-state index in [0.717, 1.165) is 10.9 Å². The fourth-order valence-corrected chi connectivity index (χ4v) is 1.98. The molecule has 0 unspecified atom stereocenters. The summed E-state index contributed by atoms with van der Waals surface area (Å²) in [6.45, 7) is 0.601. The van der Waals surface area contributed by atoms with Crippen LogP contribution in [0.4, 0.5) is 5.69 Å². The van der Waals surface area contributed by atoms with E-state index in [1.54, 1.807) is 6.07 Å². The molecule has 0 fully saturated rings. The van der Waals surface area contributed by atoms with Crippen LogP contribution in [0.15, 0.2) is 69.9 Å². The first-order valence-corrected chi connectivity index (χ1v) is 6.13. The molecular weight excluding hydrogens is 238 g/mol. The van der Waals surface area contributed by atoms with Crippen LogP contribution < -0.4 is 10.9 Å². The van der Waals surface area contributed by atoms with E-state index in [4.69, 9.17) is 4.42 Å². The molecule has 0 atom stereocenters. The minimum atomic E-state index is -0.338. The van der Waals surface area contributed by atoms with Crippen molar-refractivity contribution >= 4 is 16.7 Å². The Bertz CT molecular complexity index is 747. The monoisotopic (exact) mass is 251 g/mol. The summed E-state index contributed by atoms with van der Waals surface area (Å²) in [7, 11) is 0. The molecule has 0 bridgehead atoms. The van der Waals surface area contributed by atoms with Crippen LogP contribution in [-0.2, 0) is 6.54 Å². The predicted octanol–water partition coefficient (Wildman–Crippen LogP) is 3.41. The Morgan fingerprint density at radius 1 is 0.947 bits per heavy atom. The highest BCUT2D eigenvalue weighted by Crippen LogP contribution is 2.15. The minimum absolute atomic E-state index is 0.338. The third-order valence-electron chi connectivity index (χ3n) is 2.97. The zero-order chi connectivity index (χ0) is 13.1. The van der Waals surface area contributed by atoms with Crippen molar-refractivity contribution in [3.8, 4) is 0 Å². The molecule has 1 heterocycles. The molecule has 0 radical (unpaired) electrons. The van der Waals surface area contributed by atoms with E-state index in [-0.39, 0.29) is 5.63 Å². The lowest BCUT2D eigenvalue weighted by Crippen LogP contribution is -2.10. The average molecular weight is 251 g/mol. The van der Waals surface area contributed by atoms with Gasteiger partial charge in [0.25, 0.3) is 0 Å². The number of fused-ring (bicyclic) bond motifs is 1. The molecule has 3 heteroatoms. The normalized spacial score (nSPS) is 10.5. The molecule has 0 amide bonds. The zero-order valence-corrected chi connectivity index (χ0v) is 10.3. The summed E-state index contributed by atoms with van der Waals surface area (Å²) in [6, 6.07) is 19.2. The second-order valence-electron chi connectivity index (χ2n) is 4.32. The van der Waals surface area contributed by atoms with Crippen molar-refractivity contribution in [3.05, 3.63) is 76.6 Å². The number of hydrogen-bond donors (Lipinski definition) is 1. The molecule has 1 N–H and O–H groups in total. The van der Waals surface area contributed by atoms with Crippen molar-refractivity contribution in [2.45, 2.75) is 6.54 Å². The highest BCUT2D eigenvalue weighted by Gasteiger charge is 2.04. The fraction of sp³-hybridized carbons (Fsp3) is 0.0625. The van der Waals surface area contributed by atoms with Gasteiger partial charge in [-0.1, -0.05) is 48.5 Å². The number of hydrogen-bond acceptors (Lipinski definition) is 3. The van der Waals surface area contributed by atoms with Crippen LogP contribution in [0.2, 0.25) is 0 Å². The summed E-state index contributed by atoms with van der Waals surface area (Å²) in [5, 5.41) is 4.03. The number of para-hydroxylation sites is 1. The van der Waals surface area contributed by atoms with Crippen molar-refractivity contribution in [1.29, 1.82) is 0 Å². The van der Waals surface area contributed by atoms with Gasteiger partial charge in [-0.05, 0) is 17.7 Å². The van der Waals surface area contributed by atoms with E-state index in [0.29, 0.717) is 17.8 Å². The smallest absolute Gasteiger partial charge is 0.359 e. The van der Waals surface area contributed by atoms with Crippen LogP contribution in [0.25, 0.3) is 11.0 Å². The summed E-state index contributed by atoms with van der Waals surface area (Å²) >= 11 is 0. The summed E-state index contributed by atoms with van der Waals surface area (Å²) in [5.74, 6) is 0. The molecule has 0 aliphatic rings. The molecular formula is C16H13NO2. The van der Waals surface area contributed by atoms with Crippen LogP contribution in [0.1, 0.15) is 5.56 Å². The maximum Gasteiger partial charge on any atom is 0.359 e. The van der Waals surface area contributed by atoms with Gasteiger partial charge in [-0.2, -0.15) is 0 Å². The van der Waals surface area contributed by atoms with E-state index in [9.17, 15) is 4.79 Å². The number of benzene rings is 2. The van der Waals surface area contributed by atoms with Gasteiger partial charge >= 0.3 is 5.63 Å². The first kappa shape index (κ1) is 11.5. The van der Waals surface area contributed by atoms with Crippen LogP contribution in [-0.4, -0.2) is 0 Å². The van der Waals surface area contributed by atoms with Gasteiger partial charge in [-0.25, -0.2) is 4.79 Å². The molecule has 3 nitrogen and oxygen atoms in total. The standard InChI is InChI=1S/C16H13NO2/c18-16-14(17-11-12-6-2-1-3-7-12)10-13-8-4-5-9-15(13)19-16/h1-10,17H,11H2. The molecule has 0 aliphatic carbocycles. The predicted molar refractivity (Wildman–Crippen MR) is 76.3 cm³/mol. The molecule has 1 aromatic heterocycles. The van der Waals surface area contributed by atoms with Gasteiger partial charge in [-0.3, -0.25) is 0 Å². The summed E-state index contributed by atoms with van der Waals surface area (Å²) in [5.41, 5.74) is 1.88. The number of anilines is 1. The largest absolute Gasteiger partial charge is 0.421 e. The SMILES string of the molecule is O=c1oc2ccccc2cc1NCc1ccccc1. The van der Waals surface area contributed by atoms with E-state index >= 15 is 0 Å². The van der Waals surface area contributed by atoms with E-state index in [2.05, 4.69) is 5.32 Å². The average Bonchev–Trinajstić information content (AvgIpc) is 2.46. The van der Waals surface area contributed by atoms with Gasteiger partial charge in [0.1, 0.15) is 11.3 Å². The number of rotatable bonds is 3. The van der Waals surface area contributed by atoms with Crippen molar-refractivity contribution < 1.29 is 4.42 Å². The molecule has 94 valence electrons. The zero-order valence-electron chi connectivity index (χ0n) is 10.3. The van der Waals surface area contributed by atoms with Crippen LogP contribution in [0, 0.1) is 0 Å². The van der Waals surface area contributed by atoms with Crippen LogP contribution in [0.5, 0.6) is 0 Å². The van der Waals surface area contributed by atoms with Gasteiger partial charge in [0, 0.05) is 11.9 Å². The molecule has 19 heavy (non-hydrogen) atoms. The van der Waals surface area contributed by atoms with E-state index < -0.39 is 0 Å². The lowest BCUT2D eigenvalue weighted by molar-refractivity contribution is 0.563. The van der Waals surface area contributed by atoms with E-state index in [1.807, 2.05) is 54.6 Å². The summed E-state index contributed by atoms with van der Waals surface area (Å²) in [4.78, 5) is 11.8. The summed E-state index contributed by atoms with van der Waals surface area (Å²) < 4.78 is 5.26. The fourth-order valence-electron chi connectivity index (χ4n) is 1.98. The third-order valence-corrected chi connectivity index (χ3v) is 2.97. The van der Waals surface area contributed by atoms with Gasteiger partial charge in [0.15, 0.2) is 0 Å². The highest BCUT2D eigenvalue weighted by molar-refractivity contribution is 5.79. The van der Waals surface area contributed by atoms with Gasteiger partial charge in [-0.15, -0.1) is 0 Å². The Kier molecular flexibility index (Phi) is 3.02. The molecule has 0 saturated carbocycles. The van der Waals surface area contributed by atoms with Crippen molar-refractivity contribution in [1.82, 2.24) is 0 Å². The van der Waals surface area contributed by atoms with E-state index in [1.165, 1.54) is 0 Å². The topological polar surface area (TPSA) is 42.2 Å². The Morgan fingerprint density at radius 2 is 1.68 bits per heavy atom. The molecule has 2 aromatic carbocycles. The highest BCUT2D eigenvalue weighted by atomic mass is 16.4. The quantitative estimate of drug-likeness (QED) is 0.725. The first-order chi connectivity index (χ1) is 9.33. The second kappa shape index (κ2) is 4.98. The number of nitrogens with one attached hydrogen (secondary N) is 1. The van der Waals surface area contributed by atoms with Crippen molar-refractivity contribution in [2.24, 2.45) is 0 Å². The van der Waals surface area contributed by atoms with Crippen LogP contribution in [0.3, 0.4) is 0 Å². The first-order valence-electron chi connectivity index (χ1n) is 6.13. The minimum Gasteiger partial charge on any atom is -0.421 e. The van der Waals surface area contributed by atoms with Crippen molar-refractivity contribution in [2.75, 3.05) is 5.32 Å². The Hall–Kier alpha value is -2.55. The van der Waals surface area contributed by atoms with Gasteiger partial charge < -0.3 is 9.73 Å². The Balaban J connectivity index is 1.89. The molecule has 0 aliphatic heterocycles. The second-order valence-corrected chi connectivity index (χ2v) is 4.32.